The van der Waals surface area contributed by atoms with Gasteiger partial charge in [-0.2, -0.15) is 5.26 Å². The third-order valence-corrected chi connectivity index (χ3v) is 7.13. The Morgan fingerprint density at radius 1 is 1.43 bits per heavy atom. The van der Waals surface area contributed by atoms with Gasteiger partial charge in [0.05, 0.1) is 28.1 Å². The SMILES string of the molecule is Cc1c(C(=O)c2sc3cc(Cl)ccc3c2Cl)c(O)n(CC2CCCO2)c(=O)c1C#N. The smallest absolute Gasteiger partial charge is 0.271 e. The van der Waals surface area contributed by atoms with Crippen LogP contribution in [0.25, 0.3) is 10.1 Å². The molecular weight excluding hydrogens is 447 g/mol. The van der Waals surface area contributed by atoms with E-state index in [1.54, 1.807) is 18.2 Å². The van der Waals surface area contributed by atoms with Gasteiger partial charge >= 0.3 is 0 Å². The molecule has 1 aliphatic heterocycles. The van der Waals surface area contributed by atoms with Crippen molar-refractivity contribution in [1.29, 1.82) is 5.26 Å². The van der Waals surface area contributed by atoms with Gasteiger partial charge in [0.1, 0.15) is 11.6 Å². The van der Waals surface area contributed by atoms with E-state index in [1.165, 1.54) is 6.92 Å². The van der Waals surface area contributed by atoms with Crippen molar-refractivity contribution in [3.05, 3.63) is 60.2 Å². The largest absolute Gasteiger partial charge is 0.494 e. The first kappa shape index (κ1) is 20.9. The third kappa shape index (κ3) is 3.40. The number of pyridine rings is 1. The number of aromatic hydroxyl groups is 1. The Bertz CT molecular complexity index is 1280. The number of aromatic nitrogens is 1. The van der Waals surface area contributed by atoms with Crippen molar-refractivity contribution in [1.82, 2.24) is 4.57 Å². The number of nitrogens with zero attached hydrogens (tertiary/aromatic N) is 2. The number of thiophene rings is 1. The van der Waals surface area contributed by atoms with Gasteiger partial charge in [0.2, 0.25) is 11.7 Å². The zero-order valence-electron chi connectivity index (χ0n) is 15.9. The van der Waals surface area contributed by atoms with Gasteiger partial charge < -0.3 is 9.84 Å². The lowest BCUT2D eigenvalue weighted by molar-refractivity contribution is 0.0929. The number of benzene rings is 1. The van der Waals surface area contributed by atoms with Crippen LogP contribution in [0.5, 0.6) is 5.88 Å². The summed E-state index contributed by atoms with van der Waals surface area (Å²) in [5.74, 6) is -1.03. The quantitative estimate of drug-likeness (QED) is 0.568. The molecule has 2 aromatic heterocycles. The lowest BCUT2D eigenvalue weighted by atomic mass is 10.0. The Balaban J connectivity index is 1.89. The average molecular weight is 463 g/mol. The molecule has 3 aromatic rings. The molecule has 1 aliphatic rings. The molecule has 0 saturated carbocycles. The zero-order valence-corrected chi connectivity index (χ0v) is 18.2. The van der Waals surface area contributed by atoms with Crippen molar-refractivity contribution >= 4 is 50.4 Å². The van der Waals surface area contributed by atoms with E-state index in [2.05, 4.69) is 0 Å². The second-order valence-corrected chi connectivity index (χ2v) is 8.94. The second-order valence-electron chi connectivity index (χ2n) is 7.08. The zero-order chi connectivity index (χ0) is 21.6. The van der Waals surface area contributed by atoms with E-state index in [-0.39, 0.29) is 39.2 Å². The highest BCUT2D eigenvalue weighted by molar-refractivity contribution is 7.21. The standard InChI is InChI=1S/C21H16Cl2N2O4S/c1-10-14(8-24)20(27)25(9-12-3-2-6-29-12)21(28)16(10)18(26)19-17(23)13-5-4-11(22)7-15(13)30-19/h4-5,7,12,28H,2-3,6,9H2,1H3. The van der Waals surface area contributed by atoms with Crippen molar-refractivity contribution in [2.45, 2.75) is 32.4 Å². The number of carbonyl (C=O) groups excluding carboxylic acids is 1. The predicted molar refractivity (Wildman–Crippen MR) is 116 cm³/mol. The minimum Gasteiger partial charge on any atom is -0.494 e. The molecule has 30 heavy (non-hydrogen) atoms. The van der Waals surface area contributed by atoms with E-state index >= 15 is 0 Å². The first-order valence-electron chi connectivity index (χ1n) is 9.23. The van der Waals surface area contributed by atoms with Crippen LogP contribution in [0.15, 0.2) is 23.0 Å². The monoisotopic (exact) mass is 462 g/mol. The summed E-state index contributed by atoms with van der Waals surface area (Å²) in [7, 11) is 0. The van der Waals surface area contributed by atoms with Gasteiger partial charge in [-0.1, -0.05) is 29.3 Å². The summed E-state index contributed by atoms with van der Waals surface area (Å²) in [5.41, 5.74) is -0.813. The van der Waals surface area contributed by atoms with Crippen molar-refractivity contribution < 1.29 is 14.6 Å². The molecule has 0 spiro atoms. The number of fused-ring (bicyclic) bond motifs is 1. The molecule has 0 amide bonds. The molecule has 6 nitrogen and oxygen atoms in total. The van der Waals surface area contributed by atoms with E-state index in [4.69, 9.17) is 27.9 Å². The van der Waals surface area contributed by atoms with Crippen LogP contribution in [0.3, 0.4) is 0 Å². The minimum absolute atomic E-state index is 0.0651. The molecule has 154 valence electrons. The summed E-state index contributed by atoms with van der Waals surface area (Å²) < 4.78 is 7.33. The van der Waals surface area contributed by atoms with Crippen molar-refractivity contribution in [2.75, 3.05) is 6.61 Å². The fourth-order valence-electron chi connectivity index (χ4n) is 3.68. The third-order valence-electron chi connectivity index (χ3n) is 5.24. The number of halogens is 2. The number of ketones is 1. The molecule has 0 radical (unpaired) electrons. The van der Waals surface area contributed by atoms with Crippen LogP contribution >= 0.6 is 34.5 Å². The van der Waals surface area contributed by atoms with Crippen LogP contribution in [0.4, 0.5) is 0 Å². The maximum Gasteiger partial charge on any atom is 0.271 e. The fourth-order valence-corrected chi connectivity index (χ4v) is 5.42. The van der Waals surface area contributed by atoms with Crippen LogP contribution in [0, 0.1) is 18.3 Å². The van der Waals surface area contributed by atoms with E-state index in [1.807, 2.05) is 6.07 Å². The first-order valence-corrected chi connectivity index (χ1v) is 10.8. The van der Waals surface area contributed by atoms with Gasteiger partial charge in [-0.05, 0) is 37.5 Å². The van der Waals surface area contributed by atoms with Crippen molar-refractivity contribution in [3.8, 4) is 11.9 Å². The molecule has 3 heterocycles. The highest BCUT2D eigenvalue weighted by Gasteiger charge is 2.29. The summed E-state index contributed by atoms with van der Waals surface area (Å²) in [6, 6.07) is 6.97. The summed E-state index contributed by atoms with van der Waals surface area (Å²) >= 11 is 13.6. The Kier molecular flexibility index (Phi) is 5.60. The van der Waals surface area contributed by atoms with Crippen LogP contribution in [0.2, 0.25) is 10.0 Å². The molecule has 0 aliphatic carbocycles. The van der Waals surface area contributed by atoms with Gasteiger partial charge in [-0.25, -0.2) is 0 Å². The lowest BCUT2D eigenvalue weighted by Crippen LogP contribution is -2.30. The molecule has 1 unspecified atom stereocenters. The van der Waals surface area contributed by atoms with Gasteiger partial charge in [-0.3, -0.25) is 14.2 Å². The normalized spacial score (nSPS) is 16.1. The highest BCUT2D eigenvalue weighted by Crippen LogP contribution is 2.39. The van der Waals surface area contributed by atoms with Crippen molar-refractivity contribution in [2.24, 2.45) is 0 Å². The molecule has 1 N–H and O–H groups in total. The fraction of sp³-hybridized carbons (Fsp3) is 0.286. The van der Waals surface area contributed by atoms with Crippen LogP contribution in [-0.4, -0.2) is 28.2 Å². The molecule has 1 atom stereocenters. The number of hydrogen-bond donors (Lipinski definition) is 1. The topological polar surface area (TPSA) is 92.3 Å². The lowest BCUT2D eigenvalue weighted by Gasteiger charge is -2.17. The highest BCUT2D eigenvalue weighted by atomic mass is 35.5. The Labute approximate surface area is 185 Å². The van der Waals surface area contributed by atoms with Crippen LogP contribution in [-0.2, 0) is 11.3 Å². The number of nitriles is 1. The second kappa shape index (κ2) is 8.05. The molecule has 1 fully saturated rings. The first-order chi connectivity index (χ1) is 14.3. The summed E-state index contributed by atoms with van der Waals surface area (Å²) in [5, 5.41) is 21.8. The van der Waals surface area contributed by atoms with Crippen LogP contribution < -0.4 is 5.56 Å². The number of hydrogen-bond acceptors (Lipinski definition) is 6. The van der Waals surface area contributed by atoms with E-state index < -0.39 is 17.2 Å². The summed E-state index contributed by atoms with van der Waals surface area (Å²) in [6.45, 7) is 2.11. The number of ether oxygens (including phenoxy) is 1. The molecule has 4 rings (SSSR count). The Hall–Kier alpha value is -2.37. The van der Waals surface area contributed by atoms with Gasteiger partial charge in [0.15, 0.2) is 0 Å². The summed E-state index contributed by atoms with van der Waals surface area (Å²) in [4.78, 5) is 26.4. The van der Waals surface area contributed by atoms with Gasteiger partial charge in [0, 0.05) is 21.7 Å². The van der Waals surface area contributed by atoms with E-state index in [0.29, 0.717) is 17.0 Å². The van der Waals surface area contributed by atoms with Crippen LogP contribution in [0.1, 0.15) is 39.2 Å². The molecule has 9 heteroatoms. The predicted octanol–water partition coefficient (Wildman–Crippen LogP) is 4.67. The van der Waals surface area contributed by atoms with Gasteiger partial charge in [0.25, 0.3) is 5.56 Å². The Morgan fingerprint density at radius 3 is 2.87 bits per heavy atom. The molecule has 0 bridgehead atoms. The summed E-state index contributed by atoms with van der Waals surface area (Å²) in [6.07, 6.45) is 1.32. The van der Waals surface area contributed by atoms with Gasteiger partial charge in [-0.15, -0.1) is 11.3 Å². The number of carbonyl (C=O) groups is 1. The molecule has 1 aromatic carbocycles. The van der Waals surface area contributed by atoms with E-state index in [9.17, 15) is 20.0 Å². The maximum absolute atomic E-state index is 13.4. The molecule has 1 saturated heterocycles. The Morgan fingerprint density at radius 2 is 2.20 bits per heavy atom. The number of rotatable bonds is 4. The minimum atomic E-state index is -0.645. The van der Waals surface area contributed by atoms with Crippen molar-refractivity contribution in [3.63, 3.8) is 0 Å². The van der Waals surface area contributed by atoms with E-state index in [0.717, 1.165) is 33.4 Å². The maximum atomic E-state index is 13.4. The molecular formula is C21H16Cl2N2O4S. The average Bonchev–Trinajstić information content (AvgIpc) is 3.33.